The van der Waals surface area contributed by atoms with Gasteiger partial charge in [0.05, 0.1) is 12.7 Å². The Kier molecular flexibility index (Phi) is 5.59. The van der Waals surface area contributed by atoms with Gasteiger partial charge in [0, 0.05) is 11.5 Å². The normalized spacial score (nSPS) is 24.7. The molecule has 122 valence electrons. The maximum Gasteiger partial charge on any atom is 0.163 e. The predicted octanol–water partition coefficient (Wildman–Crippen LogP) is 4.72. The predicted molar refractivity (Wildman–Crippen MR) is 84.1 cm³/mol. The van der Waals surface area contributed by atoms with Crippen molar-refractivity contribution in [3.8, 4) is 5.75 Å². The van der Waals surface area contributed by atoms with Crippen LogP contribution in [0.4, 0.5) is 4.39 Å². The van der Waals surface area contributed by atoms with Crippen LogP contribution in [0.15, 0.2) is 30.4 Å². The molecule has 2 atom stereocenters. The molecule has 1 aromatic carbocycles. The second-order valence-electron chi connectivity index (χ2n) is 6.21. The molecule has 0 spiro atoms. The van der Waals surface area contributed by atoms with Crippen molar-refractivity contribution in [1.82, 2.24) is 0 Å². The quantitative estimate of drug-likeness (QED) is 0.800. The van der Waals surface area contributed by atoms with E-state index in [1.165, 1.54) is 18.2 Å². The highest BCUT2D eigenvalue weighted by atomic mass is 19.1. The van der Waals surface area contributed by atoms with Crippen LogP contribution >= 0.6 is 0 Å². The van der Waals surface area contributed by atoms with Gasteiger partial charge in [-0.15, -0.1) is 0 Å². The number of phenols is 1. The van der Waals surface area contributed by atoms with E-state index in [0.29, 0.717) is 12.2 Å². The van der Waals surface area contributed by atoms with E-state index in [0.717, 1.165) is 19.3 Å². The summed E-state index contributed by atoms with van der Waals surface area (Å²) in [5, 5.41) is 10.1. The van der Waals surface area contributed by atoms with Gasteiger partial charge in [0.2, 0.25) is 0 Å². The number of hydrogen-bond donors (Lipinski definition) is 1. The van der Waals surface area contributed by atoms with Crippen molar-refractivity contribution in [1.29, 1.82) is 0 Å². The summed E-state index contributed by atoms with van der Waals surface area (Å²) in [6.07, 6.45) is 6.79. The lowest BCUT2D eigenvalue weighted by atomic mass is 9.91. The Morgan fingerprint density at radius 1 is 1.36 bits per heavy atom. The molecule has 1 saturated heterocycles. The number of aromatic hydroxyl groups is 1. The van der Waals surface area contributed by atoms with E-state index >= 15 is 0 Å². The second kappa shape index (κ2) is 7.25. The third-order valence-corrected chi connectivity index (χ3v) is 3.84. The first-order chi connectivity index (χ1) is 10.4. The van der Waals surface area contributed by atoms with Crippen molar-refractivity contribution < 1.29 is 19.0 Å². The summed E-state index contributed by atoms with van der Waals surface area (Å²) in [7, 11) is 0. The molecule has 22 heavy (non-hydrogen) atoms. The number of benzene rings is 1. The zero-order valence-corrected chi connectivity index (χ0v) is 13.5. The highest BCUT2D eigenvalue weighted by molar-refractivity contribution is 5.35. The Bertz CT molecular complexity index is 525. The zero-order valence-electron chi connectivity index (χ0n) is 13.5. The lowest BCUT2D eigenvalue weighted by Crippen LogP contribution is -2.41. The van der Waals surface area contributed by atoms with E-state index in [1.807, 2.05) is 13.8 Å². The van der Waals surface area contributed by atoms with Crippen molar-refractivity contribution in [3.05, 3.63) is 41.7 Å². The van der Waals surface area contributed by atoms with Crippen LogP contribution in [0.3, 0.4) is 0 Å². The Balaban J connectivity index is 2.22. The van der Waals surface area contributed by atoms with Crippen LogP contribution in [0.25, 0.3) is 0 Å². The van der Waals surface area contributed by atoms with Crippen molar-refractivity contribution in [2.45, 2.75) is 51.9 Å². The summed E-state index contributed by atoms with van der Waals surface area (Å²) in [5.74, 6) is -1.01. The van der Waals surface area contributed by atoms with E-state index in [2.05, 4.69) is 19.1 Å². The number of hydrogen-bond acceptors (Lipinski definition) is 3. The van der Waals surface area contributed by atoms with Crippen LogP contribution in [-0.4, -0.2) is 17.5 Å². The molecule has 1 aliphatic heterocycles. The van der Waals surface area contributed by atoms with Crippen LogP contribution in [0.1, 0.15) is 51.7 Å². The van der Waals surface area contributed by atoms with Gasteiger partial charge in [-0.3, -0.25) is 0 Å². The summed E-state index contributed by atoms with van der Waals surface area (Å²) in [6, 6.07) is 3.98. The average molecular weight is 308 g/mol. The molecule has 0 aliphatic carbocycles. The fourth-order valence-electron chi connectivity index (χ4n) is 2.65. The first kappa shape index (κ1) is 17.0. The average Bonchev–Trinajstić information content (AvgIpc) is 2.47. The van der Waals surface area contributed by atoms with Crippen molar-refractivity contribution >= 4 is 0 Å². The Hall–Kier alpha value is -1.39. The van der Waals surface area contributed by atoms with Gasteiger partial charge in [0.15, 0.2) is 5.79 Å². The number of halogens is 1. The minimum absolute atomic E-state index is 0.0498. The Morgan fingerprint density at radius 2 is 2.14 bits per heavy atom. The van der Waals surface area contributed by atoms with Crippen LogP contribution in [0, 0.1) is 11.7 Å². The van der Waals surface area contributed by atoms with E-state index in [1.54, 1.807) is 0 Å². The van der Waals surface area contributed by atoms with Crippen LogP contribution in [-0.2, 0) is 9.47 Å². The smallest absolute Gasteiger partial charge is 0.163 e. The number of rotatable bonds is 5. The summed E-state index contributed by atoms with van der Waals surface area (Å²) in [5.41, 5.74) is 0.491. The highest BCUT2D eigenvalue weighted by Gasteiger charge is 2.38. The third-order valence-electron chi connectivity index (χ3n) is 3.84. The molecule has 2 rings (SSSR count). The minimum Gasteiger partial charge on any atom is -0.508 e. The summed E-state index contributed by atoms with van der Waals surface area (Å²) >= 11 is 0. The fraction of sp³-hybridized carbons (Fsp3) is 0.556. The maximum atomic E-state index is 13.6. The standard InChI is InChI=1S/C18H25FO3/c1-4-5-6-7-8-13-12-21-18(2,3)22-17(13)15-11-14(19)9-10-16(15)20/h6-7,9-11,13,17,20H,4-5,8,12H2,1-3H3/t13-,17+/m1/s1. The molecule has 1 aromatic rings. The van der Waals surface area contributed by atoms with E-state index < -0.39 is 5.79 Å². The Labute approximate surface area is 131 Å². The Morgan fingerprint density at radius 3 is 2.86 bits per heavy atom. The van der Waals surface area contributed by atoms with Crippen LogP contribution < -0.4 is 0 Å². The van der Waals surface area contributed by atoms with Crippen LogP contribution in [0.5, 0.6) is 5.75 Å². The van der Waals surface area contributed by atoms with Gasteiger partial charge in [-0.25, -0.2) is 4.39 Å². The number of ether oxygens (including phenoxy) is 2. The molecule has 1 heterocycles. The lowest BCUT2D eigenvalue weighted by molar-refractivity contribution is -0.295. The molecule has 1 fully saturated rings. The molecule has 0 saturated carbocycles. The molecule has 1 N–H and O–H groups in total. The largest absolute Gasteiger partial charge is 0.508 e. The SMILES string of the molecule is CCCC=CC[C@@H]1COC(C)(C)O[C@@H]1c1cc(F)ccc1O. The fourth-order valence-corrected chi connectivity index (χ4v) is 2.65. The molecule has 0 aromatic heterocycles. The zero-order chi connectivity index (χ0) is 16.2. The van der Waals surface area contributed by atoms with Gasteiger partial charge in [0.1, 0.15) is 11.6 Å². The van der Waals surface area contributed by atoms with Crippen molar-refractivity contribution in [2.24, 2.45) is 5.92 Å². The lowest BCUT2D eigenvalue weighted by Gasteiger charge is -2.41. The van der Waals surface area contributed by atoms with Gasteiger partial charge < -0.3 is 14.6 Å². The van der Waals surface area contributed by atoms with E-state index in [-0.39, 0.29) is 23.6 Å². The first-order valence-electron chi connectivity index (χ1n) is 7.88. The summed E-state index contributed by atoms with van der Waals surface area (Å²) in [4.78, 5) is 0. The topological polar surface area (TPSA) is 38.7 Å². The molecule has 0 amide bonds. The van der Waals surface area contributed by atoms with E-state index in [9.17, 15) is 9.50 Å². The van der Waals surface area contributed by atoms with E-state index in [4.69, 9.17) is 9.47 Å². The molecule has 4 heteroatoms. The molecular formula is C18H25FO3. The molecule has 0 bridgehead atoms. The van der Waals surface area contributed by atoms with Gasteiger partial charge >= 0.3 is 0 Å². The monoisotopic (exact) mass is 308 g/mol. The molecule has 1 aliphatic rings. The molecular weight excluding hydrogens is 283 g/mol. The summed E-state index contributed by atoms with van der Waals surface area (Å²) in [6.45, 7) is 6.32. The van der Waals surface area contributed by atoms with Crippen molar-refractivity contribution in [3.63, 3.8) is 0 Å². The van der Waals surface area contributed by atoms with Gasteiger partial charge in [-0.2, -0.15) is 0 Å². The number of allylic oxidation sites excluding steroid dienone is 2. The summed E-state index contributed by atoms with van der Waals surface area (Å²) < 4.78 is 25.3. The van der Waals surface area contributed by atoms with Gasteiger partial charge in [0.25, 0.3) is 0 Å². The van der Waals surface area contributed by atoms with Gasteiger partial charge in [-0.05, 0) is 44.9 Å². The molecule has 3 nitrogen and oxygen atoms in total. The molecule has 0 radical (unpaired) electrons. The maximum absolute atomic E-state index is 13.6. The van der Waals surface area contributed by atoms with Gasteiger partial charge in [-0.1, -0.05) is 25.5 Å². The number of unbranched alkanes of at least 4 members (excludes halogenated alkanes) is 1. The molecule has 0 unspecified atom stereocenters. The third kappa shape index (κ3) is 4.31. The number of phenolic OH excluding ortho intramolecular Hbond substituents is 1. The minimum atomic E-state index is -0.743. The first-order valence-corrected chi connectivity index (χ1v) is 7.88. The van der Waals surface area contributed by atoms with Crippen molar-refractivity contribution in [2.75, 3.05) is 6.61 Å². The second-order valence-corrected chi connectivity index (χ2v) is 6.21. The van der Waals surface area contributed by atoms with Crippen LogP contribution in [0.2, 0.25) is 0 Å². The highest BCUT2D eigenvalue weighted by Crippen LogP contribution is 2.41.